The van der Waals surface area contributed by atoms with E-state index in [0.29, 0.717) is 6.10 Å². The summed E-state index contributed by atoms with van der Waals surface area (Å²) in [5.74, 6) is 0.774. The van der Waals surface area contributed by atoms with E-state index >= 15 is 0 Å². The van der Waals surface area contributed by atoms with Crippen LogP contribution in [0.15, 0.2) is 12.2 Å². The van der Waals surface area contributed by atoms with Gasteiger partial charge in [-0.25, -0.2) is 0 Å². The summed E-state index contributed by atoms with van der Waals surface area (Å²) in [6, 6.07) is 0. The lowest BCUT2D eigenvalue weighted by Crippen LogP contribution is -2.23. The van der Waals surface area contributed by atoms with Crippen molar-refractivity contribution in [3.63, 3.8) is 0 Å². The second kappa shape index (κ2) is 7.02. The summed E-state index contributed by atoms with van der Waals surface area (Å²) in [7, 11) is 4.01. The second-order valence-electron chi connectivity index (χ2n) is 4.59. The highest BCUT2D eigenvalue weighted by atomic mass is 16.5. The number of rotatable bonds is 6. The lowest BCUT2D eigenvalue weighted by molar-refractivity contribution is 0.121. The number of methoxy groups -OCH3 is 1. The van der Waals surface area contributed by atoms with Crippen molar-refractivity contribution < 1.29 is 4.74 Å². The minimum absolute atomic E-state index is 0.370. The molecule has 0 bridgehead atoms. The fraction of sp³-hybridized carbons (Fsp3) is 0.846. The highest BCUT2D eigenvalue weighted by Gasteiger charge is 2.15. The number of hydrogen-bond donors (Lipinski definition) is 0. The van der Waals surface area contributed by atoms with Crippen LogP contribution in [0.1, 0.15) is 32.6 Å². The molecule has 0 saturated heterocycles. The van der Waals surface area contributed by atoms with Gasteiger partial charge in [0.05, 0.1) is 6.10 Å². The Morgan fingerprint density at radius 3 is 2.60 bits per heavy atom. The molecule has 0 aromatic carbocycles. The lowest BCUT2D eigenvalue weighted by atomic mass is 9.91. The molecule has 15 heavy (non-hydrogen) atoms. The molecule has 0 heterocycles. The number of nitrogens with zero attached hydrogens (tertiary/aromatic N) is 1. The zero-order chi connectivity index (χ0) is 11.1. The molecule has 2 atom stereocenters. The Morgan fingerprint density at radius 2 is 2.07 bits per heavy atom. The van der Waals surface area contributed by atoms with Crippen LogP contribution >= 0.6 is 0 Å². The van der Waals surface area contributed by atoms with E-state index in [0.717, 1.165) is 5.92 Å². The summed E-state index contributed by atoms with van der Waals surface area (Å²) in [5.41, 5.74) is 0. The number of hydrogen-bond acceptors (Lipinski definition) is 2. The summed E-state index contributed by atoms with van der Waals surface area (Å²) < 4.78 is 5.31. The molecule has 0 fully saturated rings. The van der Waals surface area contributed by atoms with Gasteiger partial charge in [0, 0.05) is 7.11 Å². The summed E-state index contributed by atoms with van der Waals surface area (Å²) in [5, 5.41) is 0. The Morgan fingerprint density at radius 1 is 1.27 bits per heavy atom. The summed E-state index contributed by atoms with van der Waals surface area (Å²) >= 11 is 0. The van der Waals surface area contributed by atoms with Gasteiger partial charge in [0.1, 0.15) is 0 Å². The summed E-state index contributed by atoms with van der Waals surface area (Å²) in [6.45, 7) is 4.68. The minimum atomic E-state index is 0.370. The van der Waals surface area contributed by atoms with Gasteiger partial charge in [-0.1, -0.05) is 19.1 Å². The normalized spacial score (nSPS) is 26.1. The van der Waals surface area contributed by atoms with Crippen molar-refractivity contribution in [1.82, 2.24) is 4.90 Å². The molecule has 2 unspecified atom stereocenters. The van der Waals surface area contributed by atoms with E-state index in [9.17, 15) is 0 Å². The third-order valence-corrected chi connectivity index (χ3v) is 3.21. The van der Waals surface area contributed by atoms with Crippen molar-refractivity contribution in [3.8, 4) is 0 Å². The minimum Gasteiger partial charge on any atom is -0.377 e. The molecular weight excluding hydrogens is 186 g/mol. The average Bonchev–Trinajstić information content (AvgIpc) is 2.27. The van der Waals surface area contributed by atoms with Crippen LogP contribution in [0.5, 0.6) is 0 Å². The van der Waals surface area contributed by atoms with Crippen LogP contribution in [0.2, 0.25) is 0 Å². The predicted molar refractivity (Wildman–Crippen MR) is 65.1 cm³/mol. The van der Waals surface area contributed by atoms with Gasteiger partial charge in [-0.15, -0.1) is 0 Å². The Balaban J connectivity index is 2.18. The van der Waals surface area contributed by atoms with Crippen LogP contribution in [0.4, 0.5) is 0 Å². The van der Waals surface area contributed by atoms with E-state index < -0.39 is 0 Å². The highest BCUT2D eigenvalue weighted by molar-refractivity contribution is 4.99. The van der Waals surface area contributed by atoms with Crippen molar-refractivity contribution in [2.24, 2.45) is 5.92 Å². The van der Waals surface area contributed by atoms with E-state index in [1.54, 1.807) is 7.11 Å². The number of ether oxygens (including phenoxy) is 1. The molecule has 1 aliphatic carbocycles. The van der Waals surface area contributed by atoms with Crippen molar-refractivity contribution >= 4 is 0 Å². The van der Waals surface area contributed by atoms with Gasteiger partial charge in [-0.2, -0.15) is 0 Å². The van der Waals surface area contributed by atoms with Gasteiger partial charge in [-0.05, 0) is 51.7 Å². The second-order valence-corrected chi connectivity index (χ2v) is 4.59. The van der Waals surface area contributed by atoms with Crippen molar-refractivity contribution in [1.29, 1.82) is 0 Å². The summed E-state index contributed by atoms with van der Waals surface area (Å²) in [4.78, 5) is 2.43. The molecule has 0 spiro atoms. The van der Waals surface area contributed by atoms with E-state index in [1.165, 1.54) is 38.8 Å². The van der Waals surface area contributed by atoms with Gasteiger partial charge in [0.15, 0.2) is 0 Å². The first-order valence-electron chi connectivity index (χ1n) is 6.16. The van der Waals surface area contributed by atoms with Crippen LogP contribution in [-0.4, -0.2) is 38.3 Å². The van der Waals surface area contributed by atoms with Crippen LogP contribution in [0.25, 0.3) is 0 Å². The molecule has 0 radical (unpaired) electrons. The zero-order valence-electron chi connectivity index (χ0n) is 10.4. The quantitative estimate of drug-likeness (QED) is 0.626. The first-order valence-corrected chi connectivity index (χ1v) is 6.16. The maximum atomic E-state index is 5.31. The van der Waals surface area contributed by atoms with Crippen LogP contribution in [0.3, 0.4) is 0 Å². The standard InChI is InChI=1S/C13H25NO/c1-4-10-14(2)11-9-12-5-7-13(15-3)8-6-12/h5,7,12-13H,4,6,8-11H2,1-3H3. The molecule has 1 aliphatic rings. The predicted octanol–water partition coefficient (Wildman–Crippen LogP) is 2.70. The first-order chi connectivity index (χ1) is 7.26. The third-order valence-electron chi connectivity index (χ3n) is 3.21. The molecule has 0 aliphatic heterocycles. The number of allylic oxidation sites excluding steroid dienone is 1. The fourth-order valence-corrected chi connectivity index (χ4v) is 2.17. The van der Waals surface area contributed by atoms with Gasteiger partial charge in [0.2, 0.25) is 0 Å². The monoisotopic (exact) mass is 211 g/mol. The SMILES string of the molecule is CCCN(C)CCC1C=CC(OC)CC1. The Bertz CT molecular complexity index is 191. The average molecular weight is 211 g/mol. The lowest BCUT2D eigenvalue weighted by Gasteiger charge is -2.24. The molecule has 1 rings (SSSR count). The molecular formula is C13H25NO. The van der Waals surface area contributed by atoms with Gasteiger partial charge in [-0.3, -0.25) is 0 Å². The van der Waals surface area contributed by atoms with E-state index in [1.807, 2.05) is 0 Å². The molecule has 0 aromatic rings. The molecule has 2 heteroatoms. The van der Waals surface area contributed by atoms with Crippen molar-refractivity contribution in [2.45, 2.75) is 38.7 Å². The van der Waals surface area contributed by atoms with Crippen molar-refractivity contribution in [2.75, 3.05) is 27.2 Å². The van der Waals surface area contributed by atoms with E-state index in [-0.39, 0.29) is 0 Å². The summed E-state index contributed by atoms with van der Waals surface area (Å²) in [6.07, 6.45) is 9.97. The Labute approximate surface area is 94.3 Å². The molecule has 88 valence electrons. The molecule has 0 aromatic heterocycles. The molecule has 2 nitrogen and oxygen atoms in total. The van der Waals surface area contributed by atoms with E-state index in [4.69, 9.17) is 4.74 Å². The Hall–Kier alpha value is -0.340. The molecule has 0 saturated carbocycles. The van der Waals surface area contributed by atoms with Gasteiger partial charge >= 0.3 is 0 Å². The molecule has 0 N–H and O–H groups in total. The van der Waals surface area contributed by atoms with E-state index in [2.05, 4.69) is 31.0 Å². The van der Waals surface area contributed by atoms with Gasteiger partial charge in [0.25, 0.3) is 0 Å². The fourth-order valence-electron chi connectivity index (χ4n) is 2.17. The highest BCUT2D eigenvalue weighted by Crippen LogP contribution is 2.22. The van der Waals surface area contributed by atoms with Crippen LogP contribution in [-0.2, 0) is 4.74 Å². The first kappa shape index (κ1) is 12.7. The van der Waals surface area contributed by atoms with Crippen LogP contribution in [0, 0.1) is 5.92 Å². The maximum Gasteiger partial charge on any atom is 0.0752 e. The largest absolute Gasteiger partial charge is 0.377 e. The van der Waals surface area contributed by atoms with Crippen LogP contribution < -0.4 is 0 Å². The maximum absolute atomic E-state index is 5.31. The third kappa shape index (κ3) is 4.80. The molecule has 0 amide bonds. The Kier molecular flexibility index (Phi) is 5.96. The zero-order valence-corrected chi connectivity index (χ0v) is 10.4. The van der Waals surface area contributed by atoms with Gasteiger partial charge < -0.3 is 9.64 Å². The smallest absolute Gasteiger partial charge is 0.0752 e. The topological polar surface area (TPSA) is 12.5 Å². The van der Waals surface area contributed by atoms with Crippen molar-refractivity contribution in [3.05, 3.63) is 12.2 Å².